The lowest BCUT2D eigenvalue weighted by Gasteiger charge is -2.12. The predicted octanol–water partition coefficient (Wildman–Crippen LogP) is 4.68. The Hall–Kier alpha value is -3.10. The molecule has 6 nitrogen and oxygen atoms in total. The van der Waals surface area contributed by atoms with Gasteiger partial charge in [-0.15, -0.1) is 11.3 Å². The van der Waals surface area contributed by atoms with Gasteiger partial charge in [0.05, 0.1) is 18.2 Å². The van der Waals surface area contributed by atoms with Crippen molar-refractivity contribution in [1.82, 2.24) is 14.9 Å². The van der Waals surface area contributed by atoms with E-state index in [-0.39, 0.29) is 17.2 Å². The van der Waals surface area contributed by atoms with Gasteiger partial charge < -0.3 is 10.1 Å². The summed E-state index contributed by atoms with van der Waals surface area (Å²) >= 11 is 2.85. The Bertz CT molecular complexity index is 1320. The number of fused-ring (bicyclic) bond motifs is 1. The van der Waals surface area contributed by atoms with E-state index in [1.54, 1.807) is 23.0 Å². The van der Waals surface area contributed by atoms with Crippen molar-refractivity contribution in [2.24, 2.45) is 0 Å². The van der Waals surface area contributed by atoms with Gasteiger partial charge in [-0.2, -0.15) is 0 Å². The van der Waals surface area contributed by atoms with E-state index in [0.717, 1.165) is 39.4 Å². The summed E-state index contributed by atoms with van der Waals surface area (Å²) in [4.78, 5) is 32.5. The van der Waals surface area contributed by atoms with E-state index in [9.17, 15) is 9.59 Å². The Balaban J connectivity index is 1.48. The minimum atomic E-state index is -0.106. The van der Waals surface area contributed by atoms with Gasteiger partial charge >= 0.3 is 0 Å². The summed E-state index contributed by atoms with van der Waals surface area (Å²) in [6, 6.07) is 19.6. The number of hydrogen-bond acceptors (Lipinski definition) is 6. The molecule has 0 aliphatic heterocycles. The maximum Gasteiger partial charge on any atom is 0.262 e. The van der Waals surface area contributed by atoms with Crippen LogP contribution < -0.4 is 15.6 Å². The number of nitrogens with zero attached hydrogens (tertiary/aromatic N) is 2. The zero-order valence-electron chi connectivity index (χ0n) is 19.2. The molecule has 0 aliphatic rings. The van der Waals surface area contributed by atoms with Crippen molar-refractivity contribution in [2.75, 3.05) is 12.9 Å². The second-order valence-corrected chi connectivity index (χ2v) is 9.84. The second kappa shape index (κ2) is 11.4. The summed E-state index contributed by atoms with van der Waals surface area (Å²) in [6.45, 7) is 3.02. The van der Waals surface area contributed by atoms with Crippen LogP contribution in [0, 0.1) is 0 Å². The smallest absolute Gasteiger partial charge is 0.262 e. The average Bonchev–Trinajstić information content (AvgIpc) is 3.30. The van der Waals surface area contributed by atoms with Gasteiger partial charge in [0.15, 0.2) is 5.16 Å². The molecule has 0 atom stereocenters. The molecule has 2 heterocycles. The van der Waals surface area contributed by atoms with Crippen LogP contribution in [-0.2, 0) is 30.7 Å². The zero-order chi connectivity index (χ0) is 23.9. The lowest BCUT2D eigenvalue weighted by atomic mass is 10.1. The van der Waals surface area contributed by atoms with Gasteiger partial charge in [0.2, 0.25) is 5.91 Å². The number of carbonyl (C=O) groups is 1. The lowest BCUT2D eigenvalue weighted by molar-refractivity contribution is -0.118. The van der Waals surface area contributed by atoms with Gasteiger partial charge in [0.1, 0.15) is 10.6 Å². The third-order valence-corrected chi connectivity index (χ3v) is 7.61. The molecule has 1 amide bonds. The van der Waals surface area contributed by atoms with Gasteiger partial charge in [-0.05, 0) is 42.2 Å². The SMILES string of the molecule is CCc1cc2c(=O)n(CCc3ccccc3)c(SCC(=O)NCc3ccc(OC)cc3)nc2s1. The molecule has 0 saturated carbocycles. The van der Waals surface area contributed by atoms with Crippen molar-refractivity contribution in [2.45, 2.75) is 38.0 Å². The van der Waals surface area contributed by atoms with Crippen molar-refractivity contribution < 1.29 is 9.53 Å². The highest BCUT2D eigenvalue weighted by molar-refractivity contribution is 7.99. The summed E-state index contributed by atoms with van der Waals surface area (Å²) in [5.41, 5.74) is 2.10. The normalized spacial score (nSPS) is 11.0. The van der Waals surface area contributed by atoms with Crippen LogP contribution in [0.25, 0.3) is 10.2 Å². The number of ether oxygens (including phenoxy) is 1. The molecule has 0 aliphatic carbocycles. The molecule has 1 N–H and O–H groups in total. The summed E-state index contributed by atoms with van der Waals surface area (Å²) in [7, 11) is 1.62. The molecule has 4 aromatic rings. The number of aromatic nitrogens is 2. The van der Waals surface area contributed by atoms with E-state index in [0.29, 0.717) is 23.6 Å². The van der Waals surface area contributed by atoms with E-state index in [1.807, 2.05) is 48.5 Å². The van der Waals surface area contributed by atoms with Crippen molar-refractivity contribution in [3.05, 3.63) is 87.0 Å². The first-order valence-corrected chi connectivity index (χ1v) is 13.0. The first kappa shape index (κ1) is 24.0. The van der Waals surface area contributed by atoms with Crippen LogP contribution in [0.15, 0.2) is 70.6 Å². The lowest BCUT2D eigenvalue weighted by Crippen LogP contribution is -2.27. The maximum absolute atomic E-state index is 13.3. The highest BCUT2D eigenvalue weighted by atomic mass is 32.2. The van der Waals surface area contributed by atoms with Gasteiger partial charge in [-0.25, -0.2) is 4.98 Å². The fourth-order valence-corrected chi connectivity index (χ4v) is 5.40. The first-order valence-electron chi connectivity index (χ1n) is 11.2. The van der Waals surface area contributed by atoms with Crippen molar-refractivity contribution in [1.29, 1.82) is 0 Å². The Labute approximate surface area is 207 Å². The summed E-state index contributed by atoms with van der Waals surface area (Å²) < 4.78 is 6.88. The fraction of sp³-hybridized carbons (Fsp3) is 0.269. The van der Waals surface area contributed by atoms with Crippen LogP contribution in [0.1, 0.15) is 22.9 Å². The molecule has 0 radical (unpaired) electrons. The third-order valence-electron chi connectivity index (χ3n) is 5.46. The third kappa shape index (κ3) is 5.87. The number of benzene rings is 2. The summed E-state index contributed by atoms with van der Waals surface area (Å²) in [6.07, 6.45) is 1.58. The number of thioether (sulfide) groups is 1. The molecule has 34 heavy (non-hydrogen) atoms. The molecule has 176 valence electrons. The fourth-order valence-electron chi connectivity index (χ4n) is 3.54. The second-order valence-electron chi connectivity index (χ2n) is 7.79. The van der Waals surface area contributed by atoms with Gasteiger partial charge in [-0.1, -0.05) is 61.2 Å². The minimum Gasteiger partial charge on any atom is -0.497 e. The van der Waals surface area contributed by atoms with Crippen molar-refractivity contribution in [3.63, 3.8) is 0 Å². The van der Waals surface area contributed by atoms with Crippen LogP contribution in [0.2, 0.25) is 0 Å². The summed E-state index contributed by atoms with van der Waals surface area (Å²) in [5.74, 6) is 0.858. The Morgan fingerprint density at radius 1 is 1.12 bits per heavy atom. The van der Waals surface area contributed by atoms with Crippen LogP contribution in [-0.4, -0.2) is 28.3 Å². The molecule has 0 unspecified atom stereocenters. The number of methoxy groups -OCH3 is 1. The maximum atomic E-state index is 13.3. The molecule has 4 rings (SSSR count). The number of hydrogen-bond donors (Lipinski definition) is 1. The molecule has 2 aromatic carbocycles. The molecule has 0 saturated heterocycles. The number of nitrogens with one attached hydrogen (secondary N) is 1. The topological polar surface area (TPSA) is 73.2 Å². The van der Waals surface area contributed by atoms with E-state index < -0.39 is 0 Å². The van der Waals surface area contributed by atoms with Gasteiger partial charge in [-0.3, -0.25) is 14.2 Å². The largest absolute Gasteiger partial charge is 0.497 e. The molecular weight excluding hydrogens is 466 g/mol. The Morgan fingerprint density at radius 2 is 1.88 bits per heavy atom. The molecule has 0 bridgehead atoms. The van der Waals surface area contributed by atoms with E-state index in [4.69, 9.17) is 9.72 Å². The van der Waals surface area contributed by atoms with Crippen LogP contribution in [0.4, 0.5) is 0 Å². The predicted molar refractivity (Wildman–Crippen MR) is 139 cm³/mol. The highest BCUT2D eigenvalue weighted by Gasteiger charge is 2.16. The highest BCUT2D eigenvalue weighted by Crippen LogP contribution is 2.25. The molecule has 0 fully saturated rings. The van der Waals surface area contributed by atoms with E-state index >= 15 is 0 Å². The van der Waals surface area contributed by atoms with Gasteiger partial charge in [0.25, 0.3) is 5.56 Å². The van der Waals surface area contributed by atoms with Crippen LogP contribution in [0.3, 0.4) is 0 Å². The molecule has 0 spiro atoms. The number of carbonyl (C=O) groups excluding carboxylic acids is 1. The number of rotatable bonds is 10. The first-order chi connectivity index (χ1) is 16.6. The number of thiophene rings is 1. The quantitative estimate of drug-likeness (QED) is 0.257. The van der Waals surface area contributed by atoms with E-state index in [1.165, 1.54) is 11.8 Å². The number of amides is 1. The zero-order valence-corrected chi connectivity index (χ0v) is 20.9. The van der Waals surface area contributed by atoms with Crippen LogP contribution >= 0.6 is 23.1 Å². The average molecular weight is 494 g/mol. The van der Waals surface area contributed by atoms with E-state index in [2.05, 4.69) is 24.4 Å². The van der Waals surface area contributed by atoms with Gasteiger partial charge in [0, 0.05) is 18.0 Å². The Morgan fingerprint density at radius 3 is 2.59 bits per heavy atom. The standard InChI is InChI=1S/C26H27N3O3S2/c1-3-21-15-22-24(34-21)28-26(29(25(22)31)14-13-18-7-5-4-6-8-18)33-17-23(30)27-16-19-9-11-20(32-2)12-10-19/h4-12,15H,3,13-14,16-17H2,1-2H3,(H,27,30). The van der Waals surface area contributed by atoms with Crippen molar-refractivity contribution >= 4 is 39.2 Å². The number of aryl methyl sites for hydroxylation is 2. The molecular formula is C26H27N3O3S2. The minimum absolute atomic E-state index is 0.0435. The monoisotopic (exact) mass is 493 g/mol. The molecule has 2 aromatic heterocycles. The summed E-state index contributed by atoms with van der Waals surface area (Å²) in [5, 5.41) is 4.17. The van der Waals surface area contributed by atoms with Crippen LogP contribution in [0.5, 0.6) is 5.75 Å². The van der Waals surface area contributed by atoms with Crippen molar-refractivity contribution in [3.8, 4) is 5.75 Å². The molecule has 8 heteroatoms. The Kier molecular flexibility index (Phi) is 8.03.